The molecule has 3 aromatic carbocycles. The average Bonchev–Trinajstić information content (AvgIpc) is 3.02. The third-order valence-corrected chi connectivity index (χ3v) is 8.76. The van der Waals surface area contributed by atoms with Crippen molar-refractivity contribution in [2.24, 2.45) is 0 Å². The second-order valence-electron chi connectivity index (χ2n) is 12.9. The number of esters is 1. The van der Waals surface area contributed by atoms with Crippen molar-refractivity contribution in [3.63, 3.8) is 0 Å². The Bertz CT molecular complexity index is 1500. The molecular formula is C37H47LiN2O6S. The third kappa shape index (κ3) is 10.7. The van der Waals surface area contributed by atoms with Gasteiger partial charge in [0.25, 0.3) is 5.91 Å². The van der Waals surface area contributed by atoms with Crippen molar-refractivity contribution in [3.8, 4) is 11.1 Å². The van der Waals surface area contributed by atoms with Crippen LogP contribution in [-0.4, -0.2) is 84.2 Å². The first-order valence-electron chi connectivity index (χ1n) is 15.8. The van der Waals surface area contributed by atoms with E-state index in [-0.39, 0.29) is 18.9 Å². The monoisotopic (exact) mass is 654 g/mol. The standard InChI is InChI=1S/C37H46N2O6S.Li.H/c1-25-11-9-10-14-28(25)30-23-27(15-16-29(30)33(40)39-31(34(41)42)17-22-46-5)32(35(43)45-36(2,3)4)44-37(18-20-38-21-19-37)24-26-12-7-6-8-13-26;;/h6-16,23,31-32,38H,17-22,24H2,1-5H3,(H,39,40)(H,41,42);;. The van der Waals surface area contributed by atoms with Gasteiger partial charge >= 0.3 is 30.8 Å². The van der Waals surface area contributed by atoms with Gasteiger partial charge in [-0.15, -0.1) is 0 Å². The zero-order chi connectivity index (χ0) is 33.3. The summed E-state index contributed by atoms with van der Waals surface area (Å²) in [5.41, 5.74) is 2.94. The molecule has 0 radical (unpaired) electrons. The number of hydrogen-bond donors (Lipinski definition) is 3. The Balaban J connectivity index is 0.00000600. The first-order chi connectivity index (χ1) is 21.9. The molecule has 10 heteroatoms. The van der Waals surface area contributed by atoms with Crippen molar-refractivity contribution < 1.29 is 29.0 Å². The van der Waals surface area contributed by atoms with Crippen LogP contribution in [0, 0.1) is 6.92 Å². The van der Waals surface area contributed by atoms with E-state index in [1.807, 2.05) is 82.5 Å². The minimum absolute atomic E-state index is 0. The molecule has 47 heavy (non-hydrogen) atoms. The number of carbonyl (C=O) groups excluding carboxylic acids is 2. The van der Waals surface area contributed by atoms with Crippen LogP contribution in [0.3, 0.4) is 0 Å². The maximum atomic E-state index is 14.0. The fourth-order valence-corrected chi connectivity index (χ4v) is 6.27. The van der Waals surface area contributed by atoms with Gasteiger partial charge in [-0.2, -0.15) is 11.8 Å². The van der Waals surface area contributed by atoms with Gasteiger partial charge in [-0.05, 0) is 112 Å². The Labute approximate surface area is 294 Å². The average molecular weight is 655 g/mol. The van der Waals surface area contributed by atoms with Gasteiger partial charge < -0.3 is 25.2 Å². The molecular weight excluding hydrogens is 607 g/mol. The predicted octanol–water partition coefficient (Wildman–Crippen LogP) is 5.71. The summed E-state index contributed by atoms with van der Waals surface area (Å²) in [5.74, 6) is -1.49. The molecule has 4 rings (SSSR count). The number of thioether (sulfide) groups is 1. The number of aliphatic carboxylic acids is 1. The second kappa shape index (κ2) is 17.4. The summed E-state index contributed by atoms with van der Waals surface area (Å²) in [4.78, 5) is 39.6. The molecule has 1 fully saturated rings. The van der Waals surface area contributed by atoms with Crippen LogP contribution in [0.4, 0.5) is 0 Å². The van der Waals surface area contributed by atoms with E-state index in [1.165, 1.54) is 11.8 Å². The minimum atomic E-state index is -1.08. The number of carboxylic acids is 1. The number of nitrogens with one attached hydrogen (secondary N) is 2. The summed E-state index contributed by atoms with van der Waals surface area (Å²) in [6, 6.07) is 22.0. The molecule has 2 unspecified atom stereocenters. The number of hydrogen-bond acceptors (Lipinski definition) is 7. The molecule has 3 N–H and O–H groups in total. The Hall–Kier alpha value is -3.06. The van der Waals surface area contributed by atoms with Crippen LogP contribution in [0.2, 0.25) is 0 Å². The summed E-state index contributed by atoms with van der Waals surface area (Å²) in [5, 5.41) is 15.9. The van der Waals surface area contributed by atoms with E-state index in [0.29, 0.717) is 48.1 Å². The Morgan fingerprint density at radius 3 is 2.26 bits per heavy atom. The molecule has 1 saturated heterocycles. The number of ether oxygens (including phenoxy) is 2. The van der Waals surface area contributed by atoms with Gasteiger partial charge in [0.15, 0.2) is 6.10 Å². The van der Waals surface area contributed by atoms with Crippen molar-refractivity contribution in [2.75, 3.05) is 25.1 Å². The van der Waals surface area contributed by atoms with Crippen LogP contribution in [0.15, 0.2) is 72.8 Å². The number of carbonyl (C=O) groups is 3. The van der Waals surface area contributed by atoms with Crippen LogP contribution in [0.1, 0.15) is 73.2 Å². The Morgan fingerprint density at radius 2 is 1.64 bits per heavy atom. The Kier molecular flexibility index (Phi) is 14.2. The van der Waals surface area contributed by atoms with Crippen molar-refractivity contribution in [1.82, 2.24) is 10.6 Å². The van der Waals surface area contributed by atoms with Crippen molar-refractivity contribution in [2.45, 2.75) is 76.7 Å². The third-order valence-electron chi connectivity index (χ3n) is 8.11. The molecule has 1 heterocycles. The summed E-state index contributed by atoms with van der Waals surface area (Å²) in [6.45, 7) is 8.94. The van der Waals surface area contributed by atoms with E-state index >= 15 is 0 Å². The molecule has 1 aliphatic rings. The number of rotatable bonds is 13. The summed E-state index contributed by atoms with van der Waals surface area (Å²) in [6.07, 6.45) is 3.18. The summed E-state index contributed by atoms with van der Waals surface area (Å²) < 4.78 is 12.9. The van der Waals surface area contributed by atoms with Crippen molar-refractivity contribution in [1.29, 1.82) is 0 Å². The van der Waals surface area contributed by atoms with Crippen molar-refractivity contribution >= 4 is 48.5 Å². The first-order valence-corrected chi connectivity index (χ1v) is 17.2. The van der Waals surface area contributed by atoms with Crippen LogP contribution < -0.4 is 10.6 Å². The fraction of sp³-hybridized carbons (Fsp3) is 0.432. The predicted molar refractivity (Wildman–Crippen MR) is 190 cm³/mol. The molecule has 8 nitrogen and oxygen atoms in total. The molecule has 2 atom stereocenters. The molecule has 1 aliphatic heterocycles. The quantitative estimate of drug-likeness (QED) is 0.159. The van der Waals surface area contributed by atoms with Gasteiger partial charge in [-0.1, -0.05) is 60.7 Å². The van der Waals surface area contributed by atoms with Crippen LogP contribution in [-0.2, 0) is 25.5 Å². The van der Waals surface area contributed by atoms with Gasteiger partial charge in [0.2, 0.25) is 0 Å². The van der Waals surface area contributed by atoms with E-state index in [9.17, 15) is 19.5 Å². The Morgan fingerprint density at radius 1 is 0.979 bits per heavy atom. The van der Waals surface area contributed by atoms with E-state index in [0.717, 1.165) is 29.8 Å². The zero-order valence-corrected chi connectivity index (χ0v) is 28.2. The van der Waals surface area contributed by atoms with Crippen LogP contribution >= 0.6 is 11.8 Å². The molecule has 0 bridgehead atoms. The van der Waals surface area contributed by atoms with E-state index in [2.05, 4.69) is 22.8 Å². The second-order valence-corrected chi connectivity index (χ2v) is 13.9. The van der Waals surface area contributed by atoms with E-state index < -0.39 is 41.2 Å². The SMILES string of the molecule is CSCCC(NC(=O)c1ccc(C(OC2(Cc3ccccc3)CCNCC2)C(=O)OC(C)(C)C)cc1-c1ccccc1C)C(=O)O.[LiH]. The molecule has 0 aliphatic carbocycles. The number of aryl methyl sites for hydroxylation is 1. The number of benzene rings is 3. The number of piperidine rings is 1. The maximum absolute atomic E-state index is 14.0. The molecule has 0 spiro atoms. The summed E-state index contributed by atoms with van der Waals surface area (Å²) >= 11 is 1.52. The molecule has 248 valence electrons. The van der Waals surface area contributed by atoms with Gasteiger partial charge in [0.1, 0.15) is 11.6 Å². The topological polar surface area (TPSA) is 114 Å². The van der Waals surface area contributed by atoms with Gasteiger partial charge in [-0.25, -0.2) is 9.59 Å². The van der Waals surface area contributed by atoms with E-state index in [1.54, 1.807) is 12.1 Å². The fourth-order valence-electron chi connectivity index (χ4n) is 5.79. The first kappa shape index (κ1) is 38.4. The zero-order valence-electron chi connectivity index (χ0n) is 27.4. The molecule has 1 amide bonds. The van der Waals surface area contributed by atoms with Crippen molar-refractivity contribution in [3.05, 3.63) is 95.1 Å². The van der Waals surface area contributed by atoms with Gasteiger partial charge in [-0.3, -0.25) is 4.79 Å². The molecule has 3 aromatic rings. The van der Waals surface area contributed by atoms with E-state index in [4.69, 9.17) is 9.47 Å². The normalized spacial score (nSPS) is 15.5. The van der Waals surface area contributed by atoms with Crippen LogP contribution in [0.5, 0.6) is 0 Å². The van der Waals surface area contributed by atoms with Gasteiger partial charge in [0, 0.05) is 12.0 Å². The van der Waals surface area contributed by atoms with Gasteiger partial charge in [0.05, 0.1) is 5.60 Å². The molecule has 0 saturated carbocycles. The summed E-state index contributed by atoms with van der Waals surface area (Å²) in [7, 11) is 0. The van der Waals surface area contributed by atoms with Crippen LogP contribution in [0.25, 0.3) is 11.1 Å². The number of carboxylic acid groups (broad SMARTS) is 1. The number of amides is 1. The molecule has 0 aromatic heterocycles.